The van der Waals surface area contributed by atoms with E-state index in [0.717, 1.165) is 26.8 Å². The molecule has 3 aromatic heterocycles. The van der Waals surface area contributed by atoms with Gasteiger partial charge in [0.05, 0.1) is 29.8 Å². The van der Waals surface area contributed by atoms with Gasteiger partial charge in [0.2, 0.25) is 0 Å². The number of benzene rings is 1. The van der Waals surface area contributed by atoms with Crippen LogP contribution in [-0.4, -0.2) is 25.8 Å². The first-order chi connectivity index (χ1) is 15.4. The molecule has 0 radical (unpaired) electrons. The van der Waals surface area contributed by atoms with Gasteiger partial charge in [0.15, 0.2) is 0 Å². The highest BCUT2D eigenvalue weighted by atomic mass is 32.1. The number of rotatable bonds is 6. The fourth-order valence-electron chi connectivity index (χ4n) is 3.03. The minimum atomic E-state index is -0.299. The lowest BCUT2D eigenvalue weighted by Gasteiger charge is -2.15. The van der Waals surface area contributed by atoms with Crippen LogP contribution < -0.4 is 10.1 Å². The minimum Gasteiger partial charge on any atom is -0.456 e. The van der Waals surface area contributed by atoms with Crippen LogP contribution >= 0.6 is 11.3 Å². The Kier molecular flexibility index (Phi) is 6.23. The molecule has 7 nitrogen and oxygen atoms in total. The van der Waals surface area contributed by atoms with Gasteiger partial charge in [-0.3, -0.25) is 19.7 Å². The zero-order valence-electron chi connectivity index (χ0n) is 18.3. The molecule has 0 aliphatic carbocycles. The van der Waals surface area contributed by atoms with E-state index in [9.17, 15) is 4.79 Å². The van der Waals surface area contributed by atoms with Gasteiger partial charge in [0, 0.05) is 34.1 Å². The van der Waals surface area contributed by atoms with Crippen molar-refractivity contribution in [2.24, 2.45) is 0 Å². The second-order valence-corrected chi connectivity index (χ2v) is 8.77. The third kappa shape index (κ3) is 5.15. The molecule has 1 aromatic carbocycles. The number of thiazole rings is 1. The molecule has 162 valence electrons. The number of carbonyl (C=O) groups is 1. The molecular formula is C24H23N5O2S. The second-order valence-electron chi connectivity index (χ2n) is 7.54. The molecule has 3 heterocycles. The summed E-state index contributed by atoms with van der Waals surface area (Å²) in [5, 5.41) is 3.81. The fourth-order valence-corrected chi connectivity index (χ4v) is 3.78. The van der Waals surface area contributed by atoms with Crippen molar-refractivity contribution in [1.82, 2.24) is 25.3 Å². The number of hydrogen-bond donors (Lipinski definition) is 1. The summed E-state index contributed by atoms with van der Waals surface area (Å²) >= 11 is 1.56. The Morgan fingerprint density at radius 3 is 2.38 bits per heavy atom. The van der Waals surface area contributed by atoms with E-state index in [1.54, 1.807) is 36.0 Å². The number of aryl methyl sites for hydroxylation is 3. The van der Waals surface area contributed by atoms with Crippen molar-refractivity contribution in [3.8, 4) is 22.1 Å². The molecule has 0 spiro atoms. The zero-order chi connectivity index (χ0) is 22.7. The molecular weight excluding hydrogens is 422 g/mol. The van der Waals surface area contributed by atoms with E-state index >= 15 is 0 Å². The van der Waals surface area contributed by atoms with Crippen LogP contribution in [0.2, 0.25) is 0 Å². The van der Waals surface area contributed by atoms with Crippen LogP contribution in [0.1, 0.15) is 45.3 Å². The Morgan fingerprint density at radius 2 is 1.72 bits per heavy atom. The summed E-state index contributed by atoms with van der Waals surface area (Å²) in [6.07, 6.45) is 6.83. The molecule has 0 fully saturated rings. The van der Waals surface area contributed by atoms with E-state index in [1.807, 2.05) is 58.2 Å². The van der Waals surface area contributed by atoms with Crippen LogP contribution in [0.25, 0.3) is 10.6 Å². The average Bonchev–Trinajstić information content (AvgIpc) is 3.22. The van der Waals surface area contributed by atoms with Crippen molar-refractivity contribution >= 4 is 17.2 Å². The largest absolute Gasteiger partial charge is 0.456 e. The average molecular weight is 446 g/mol. The van der Waals surface area contributed by atoms with Crippen molar-refractivity contribution in [3.63, 3.8) is 0 Å². The number of nitrogens with zero attached hydrogens (tertiary/aromatic N) is 4. The van der Waals surface area contributed by atoms with E-state index in [-0.39, 0.29) is 11.9 Å². The quantitative estimate of drug-likeness (QED) is 0.438. The highest BCUT2D eigenvalue weighted by molar-refractivity contribution is 7.14. The summed E-state index contributed by atoms with van der Waals surface area (Å²) in [6, 6.07) is 8.84. The number of aromatic nitrogens is 4. The van der Waals surface area contributed by atoms with Crippen molar-refractivity contribution in [3.05, 3.63) is 82.6 Å². The summed E-state index contributed by atoms with van der Waals surface area (Å²) < 4.78 is 6.01. The van der Waals surface area contributed by atoms with Gasteiger partial charge in [-0.2, -0.15) is 0 Å². The van der Waals surface area contributed by atoms with Crippen LogP contribution in [0.5, 0.6) is 11.5 Å². The fraction of sp³-hybridized carbons (Fsp3) is 0.208. The molecule has 1 amide bonds. The number of pyridine rings is 1. The number of nitrogens with one attached hydrogen (secondary N) is 1. The molecule has 1 unspecified atom stereocenters. The Bertz CT molecular complexity index is 1240. The third-order valence-corrected chi connectivity index (χ3v) is 5.71. The van der Waals surface area contributed by atoms with Gasteiger partial charge in [-0.15, -0.1) is 11.3 Å². The predicted octanol–water partition coefficient (Wildman–Crippen LogP) is 5.20. The highest BCUT2D eigenvalue weighted by Crippen LogP contribution is 2.31. The Morgan fingerprint density at radius 1 is 0.906 bits per heavy atom. The van der Waals surface area contributed by atoms with Crippen molar-refractivity contribution in [1.29, 1.82) is 0 Å². The van der Waals surface area contributed by atoms with Gasteiger partial charge in [0.25, 0.3) is 5.91 Å². The van der Waals surface area contributed by atoms with Crippen LogP contribution in [0.3, 0.4) is 0 Å². The molecule has 0 saturated heterocycles. The van der Waals surface area contributed by atoms with Crippen molar-refractivity contribution in [2.45, 2.75) is 33.7 Å². The SMILES string of the molecule is Cc1ccc(Oc2cc(C(=O)NC(C)c3cnc(C)cn3)cc(-c3ncc(C)s3)c2)cn1. The normalized spacial score (nSPS) is 11.8. The molecule has 4 aromatic rings. The molecule has 1 N–H and O–H groups in total. The summed E-state index contributed by atoms with van der Waals surface area (Å²) in [4.78, 5) is 31.5. The molecule has 0 aliphatic heterocycles. The maximum Gasteiger partial charge on any atom is 0.251 e. The maximum absolute atomic E-state index is 13.1. The smallest absolute Gasteiger partial charge is 0.251 e. The first-order valence-corrected chi connectivity index (χ1v) is 11.0. The van der Waals surface area contributed by atoms with Gasteiger partial charge in [0.1, 0.15) is 16.5 Å². The lowest BCUT2D eigenvalue weighted by Crippen LogP contribution is -2.27. The molecule has 8 heteroatoms. The van der Waals surface area contributed by atoms with E-state index < -0.39 is 0 Å². The summed E-state index contributed by atoms with van der Waals surface area (Å²) in [5.74, 6) is 0.897. The lowest BCUT2D eigenvalue weighted by molar-refractivity contribution is 0.0939. The van der Waals surface area contributed by atoms with E-state index in [2.05, 4.69) is 25.3 Å². The van der Waals surface area contributed by atoms with Crippen molar-refractivity contribution < 1.29 is 9.53 Å². The number of amides is 1. The number of ether oxygens (including phenoxy) is 1. The van der Waals surface area contributed by atoms with Crippen LogP contribution in [0.4, 0.5) is 0 Å². The van der Waals surface area contributed by atoms with Crippen LogP contribution in [-0.2, 0) is 0 Å². The van der Waals surface area contributed by atoms with Gasteiger partial charge < -0.3 is 10.1 Å². The van der Waals surface area contributed by atoms with E-state index in [0.29, 0.717) is 22.8 Å². The molecule has 0 aliphatic rings. The number of carbonyl (C=O) groups excluding carboxylic acids is 1. The molecule has 4 rings (SSSR count). The van der Waals surface area contributed by atoms with Crippen molar-refractivity contribution in [2.75, 3.05) is 0 Å². The minimum absolute atomic E-state index is 0.234. The zero-order valence-corrected chi connectivity index (χ0v) is 19.1. The Labute approximate surface area is 190 Å². The third-order valence-electron chi connectivity index (χ3n) is 4.75. The van der Waals surface area contributed by atoms with Gasteiger partial charge in [-0.1, -0.05) is 0 Å². The van der Waals surface area contributed by atoms with E-state index in [1.165, 1.54) is 0 Å². The summed E-state index contributed by atoms with van der Waals surface area (Å²) in [7, 11) is 0. The first-order valence-electron chi connectivity index (χ1n) is 10.1. The maximum atomic E-state index is 13.1. The standard InChI is InChI=1S/C24H23N5O2S/c1-14-5-6-20(12-25-14)31-21-8-18(7-19(9-21)24-28-11-16(3)32-24)23(30)29-17(4)22-13-26-15(2)10-27-22/h5-13,17H,1-4H3,(H,29,30). The monoisotopic (exact) mass is 445 g/mol. The summed E-state index contributed by atoms with van der Waals surface area (Å²) in [6.45, 7) is 7.66. The van der Waals surface area contributed by atoms with E-state index in [4.69, 9.17) is 4.74 Å². The first kappa shape index (κ1) is 21.6. The predicted molar refractivity (Wildman–Crippen MR) is 124 cm³/mol. The molecule has 32 heavy (non-hydrogen) atoms. The summed E-state index contributed by atoms with van der Waals surface area (Å²) in [5.41, 5.74) is 3.70. The van der Waals surface area contributed by atoms with Crippen LogP contribution in [0.15, 0.2) is 55.1 Å². The van der Waals surface area contributed by atoms with Gasteiger partial charge in [-0.25, -0.2) is 4.98 Å². The topological polar surface area (TPSA) is 89.9 Å². The molecule has 0 bridgehead atoms. The van der Waals surface area contributed by atoms with Gasteiger partial charge >= 0.3 is 0 Å². The molecule has 0 saturated carbocycles. The molecule has 1 atom stereocenters. The highest BCUT2D eigenvalue weighted by Gasteiger charge is 2.16. The Balaban J connectivity index is 1.64. The van der Waals surface area contributed by atoms with Gasteiger partial charge in [-0.05, 0) is 58.0 Å². The second kappa shape index (κ2) is 9.23. The Hall–Kier alpha value is -3.65. The lowest BCUT2D eigenvalue weighted by atomic mass is 10.1. The number of hydrogen-bond acceptors (Lipinski definition) is 7. The van der Waals surface area contributed by atoms with Crippen LogP contribution in [0, 0.1) is 20.8 Å².